The first kappa shape index (κ1) is 114. The Hall–Kier alpha value is -12.6. The molecule has 1 aliphatic rings. The van der Waals surface area contributed by atoms with E-state index in [1.807, 2.05) is 0 Å². The Morgan fingerprint density at radius 3 is 1.11 bits per heavy atom. The lowest BCUT2D eigenvalue weighted by Crippen LogP contribution is -2.63. The van der Waals surface area contributed by atoms with Crippen LogP contribution in [0.3, 0.4) is 0 Å². The van der Waals surface area contributed by atoms with E-state index in [-0.39, 0.29) is 120 Å². The first-order chi connectivity index (χ1) is 62.1. The van der Waals surface area contributed by atoms with Gasteiger partial charge in [-0.25, -0.2) is 4.79 Å². The maximum absolute atomic E-state index is 14.6. The summed E-state index contributed by atoms with van der Waals surface area (Å²) in [5.74, 6) is -22.9. The number of nitrogens with two attached hydrogens (primary N) is 8. The minimum atomic E-state index is -2.07. The van der Waals surface area contributed by atoms with Crippen LogP contribution in [0.15, 0.2) is 48.5 Å². The topological polar surface area (TPSA) is 865 Å². The number of carboxylic acid groups (broad SMARTS) is 2. The molecule has 50 nitrogen and oxygen atoms in total. The maximum Gasteiger partial charge on any atom is 0.326 e. The van der Waals surface area contributed by atoms with Gasteiger partial charge in [-0.15, -0.1) is 0 Å². The standard InChI is InChI=1S/C82H135N25O25/c1-9-40(6)63(104-75(125)58-35-47(112)37-107(58)80(130)61(89)38(2)3)77(127)98-52(24-29-85)70(120)100-55(33-43-12-16-45(110)17-13-43)74(124)106-65(42(8)109)79(129)101-56(36-59(88)113)73(123)93-48(11-10-32-92-82(90)91)66(116)96-53(25-30-86)72(122)105-64(41(7)108)78(128)99-54(26-31-87)71(121)103-62(39(4)5)76(126)97-51(23-28-84)69(119)95-50(22-27-83)68(118)94-49(20-21-60(114)115)67(117)102-57(81(131)132)34-44-14-18-46(111)19-15-44/h12-19,38-42,47-58,61-65,108-112H,9-11,20-37,83-87,89H2,1-8H3,(H2,88,113)(H,93,123)(H,94,118)(H,95,119)(H,96,116)(H,97,126)(H,98,127)(H,99,128)(H,100,120)(H,101,129)(H,102,117)(H,103,121)(H,104,125)(H,105,122)(H,106,124)(H,114,115)(H,131,132)(H4,90,91,92)/t40-,41+,42+,47+,48-,49-,50-,51-,52-,53-,54+,55-,56-,57-,58-,61-,62-,63-,64-,65-/m0/s1. The average molecular weight is 1870 g/mol. The molecule has 0 bridgehead atoms. The van der Waals surface area contributed by atoms with Crippen LogP contribution in [0.2, 0.25) is 0 Å². The lowest BCUT2D eigenvalue weighted by molar-refractivity contribution is -0.143. The molecule has 1 heterocycles. The van der Waals surface area contributed by atoms with Crippen molar-refractivity contribution in [1.29, 1.82) is 5.41 Å². The molecule has 1 fully saturated rings. The molecule has 0 aliphatic carbocycles. The van der Waals surface area contributed by atoms with Gasteiger partial charge in [0.2, 0.25) is 94.5 Å². The largest absolute Gasteiger partial charge is 0.508 e. The highest BCUT2D eigenvalue weighted by atomic mass is 16.4. The quantitative estimate of drug-likeness (QED) is 0.0166. The number of phenols is 2. The van der Waals surface area contributed by atoms with Crippen LogP contribution in [-0.4, -0.2) is 314 Å². The number of β-amino-alcohol motifs (C(OH)–C–C–N with tert-alkyl or cyclic N) is 1. The van der Waals surface area contributed by atoms with E-state index in [4.69, 9.17) is 51.3 Å². The summed E-state index contributed by atoms with van der Waals surface area (Å²) in [6, 6.07) is -15.6. The van der Waals surface area contributed by atoms with Crippen LogP contribution in [0.4, 0.5) is 0 Å². The number of amides is 16. The summed E-state index contributed by atoms with van der Waals surface area (Å²) >= 11 is 0. The Balaban J connectivity index is 1.90. The third kappa shape index (κ3) is 38.1. The molecule has 16 amide bonds. The van der Waals surface area contributed by atoms with E-state index in [9.17, 15) is 122 Å². The van der Waals surface area contributed by atoms with Gasteiger partial charge in [-0.2, -0.15) is 0 Å². The summed E-state index contributed by atoms with van der Waals surface area (Å²) in [5.41, 5.74) is 47.3. The van der Waals surface area contributed by atoms with Crippen molar-refractivity contribution in [2.45, 2.75) is 260 Å². The second-order valence-electron chi connectivity index (χ2n) is 32.9. The average Bonchev–Trinajstić information content (AvgIpc) is 1.67. The molecule has 1 saturated heterocycles. The summed E-state index contributed by atoms with van der Waals surface area (Å²) < 4.78 is 0. The van der Waals surface area contributed by atoms with E-state index in [1.54, 1.807) is 27.7 Å². The van der Waals surface area contributed by atoms with Crippen LogP contribution in [0.25, 0.3) is 0 Å². The minimum Gasteiger partial charge on any atom is -0.508 e. The Morgan fingerprint density at radius 1 is 0.424 bits per heavy atom. The number of hydrogen-bond donors (Lipinski definition) is 31. The Labute approximate surface area is 762 Å². The van der Waals surface area contributed by atoms with Gasteiger partial charge in [0.15, 0.2) is 5.96 Å². The number of likely N-dealkylation sites (tertiary alicyclic amines) is 1. The number of aliphatic hydroxyl groups is 3. The lowest BCUT2D eigenvalue weighted by Gasteiger charge is -2.31. The zero-order valence-electron chi connectivity index (χ0n) is 75.2. The second-order valence-corrected chi connectivity index (χ2v) is 32.9. The SMILES string of the molecule is CC[C@H](C)[C@H](NC(=O)[C@@H]1C[C@@H](O)CN1C(=O)[C@@H](N)C(C)C)C(=O)N[C@@H](CCN)C(=O)N[C@@H](Cc1ccc(O)cc1)C(=O)N[C@H](C(=O)N[C@@H](CC(N)=O)C(=O)N[C@@H](CCCNC(=N)N)C(=O)N[C@@H](CCN)C(=O)N[C@H](C(=O)N[C@H](CCN)C(=O)N[C@H](C(=O)N[C@@H](CCN)C(=O)N[C@@H](CCN)C(=O)N[C@@H](CCC(=O)O)C(=O)N[C@@H](Cc1ccc(O)cc1)C(=O)O)C(C)C)[C@@H](C)O)[C@@H](C)O. The zero-order chi connectivity index (χ0) is 99.7. The van der Waals surface area contributed by atoms with Gasteiger partial charge in [-0.3, -0.25) is 86.9 Å². The fraction of sp³-hybridized carbons (Fsp3) is 0.622. The van der Waals surface area contributed by atoms with E-state index in [0.29, 0.717) is 12.0 Å². The molecule has 0 radical (unpaired) electrons. The number of carbonyl (C=O) groups excluding carboxylic acids is 16. The van der Waals surface area contributed by atoms with Crippen LogP contribution < -0.4 is 126 Å². The van der Waals surface area contributed by atoms with Crippen LogP contribution in [0, 0.1) is 23.2 Å². The van der Waals surface area contributed by atoms with Gasteiger partial charge in [0.25, 0.3) is 0 Å². The number of primary amides is 1. The summed E-state index contributed by atoms with van der Waals surface area (Å²) in [4.78, 5) is 251. The number of guanidine groups is 1. The van der Waals surface area contributed by atoms with Crippen molar-refractivity contribution in [3.8, 4) is 11.5 Å². The van der Waals surface area contributed by atoms with Crippen molar-refractivity contribution < 1.29 is 122 Å². The van der Waals surface area contributed by atoms with Gasteiger partial charge in [0.05, 0.1) is 30.8 Å². The molecule has 132 heavy (non-hydrogen) atoms. The van der Waals surface area contributed by atoms with Gasteiger partial charge in [-0.1, -0.05) is 72.2 Å². The zero-order valence-corrected chi connectivity index (χ0v) is 75.2. The van der Waals surface area contributed by atoms with Crippen molar-refractivity contribution >= 4 is 112 Å². The number of phenolic OH excluding ortho intramolecular Hbond substituents is 2. The molecule has 50 heteroatoms. The molecule has 39 N–H and O–H groups in total. The van der Waals surface area contributed by atoms with Gasteiger partial charge in [0.1, 0.15) is 102 Å². The first-order valence-corrected chi connectivity index (χ1v) is 43.3. The number of aromatic hydroxyl groups is 2. The molecule has 0 spiro atoms. The van der Waals surface area contributed by atoms with Crippen molar-refractivity contribution in [3.63, 3.8) is 0 Å². The number of aliphatic carboxylic acids is 2. The molecular formula is C82H135N25O25. The number of nitrogens with one attached hydrogen (secondary N) is 16. The molecule has 2 aromatic rings. The first-order valence-electron chi connectivity index (χ1n) is 43.3. The van der Waals surface area contributed by atoms with Gasteiger partial charge in [0, 0.05) is 38.8 Å². The van der Waals surface area contributed by atoms with E-state index in [2.05, 4.69) is 79.8 Å². The molecule has 0 saturated carbocycles. The van der Waals surface area contributed by atoms with Crippen molar-refractivity contribution in [2.75, 3.05) is 45.8 Å². The van der Waals surface area contributed by atoms with Crippen molar-refractivity contribution in [1.82, 2.24) is 84.7 Å². The molecule has 1 aliphatic heterocycles. The van der Waals surface area contributed by atoms with Gasteiger partial charge < -0.3 is 166 Å². The Kier molecular flexibility index (Phi) is 48.9. The van der Waals surface area contributed by atoms with E-state index >= 15 is 0 Å². The second kappa shape index (κ2) is 56.9. The number of carbonyl (C=O) groups is 18. The molecule has 738 valence electrons. The summed E-state index contributed by atoms with van der Waals surface area (Å²) in [5, 5.41) is 116. The number of aliphatic hydroxyl groups excluding tert-OH is 3. The molecule has 20 atom stereocenters. The molecule has 0 aromatic heterocycles. The third-order valence-corrected chi connectivity index (χ3v) is 21.4. The van der Waals surface area contributed by atoms with E-state index < -0.39 is 271 Å². The highest BCUT2D eigenvalue weighted by Crippen LogP contribution is 2.23. The lowest BCUT2D eigenvalue weighted by atomic mass is 9.96. The van der Waals surface area contributed by atoms with Crippen LogP contribution in [-0.2, 0) is 99.1 Å². The number of benzene rings is 2. The van der Waals surface area contributed by atoms with Crippen LogP contribution in [0.5, 0.6) is 11.5 Å². The molecule has 3 rings (SSSR count). The predicted octanol–water partition coefficient (Wildman–Crippen LogP) is -11.1. The van der Waals surface area contributed by atoms with Crippen molar-refractivity contribution in [3.05, 3.63) is 59.7 Å². The van der Waals surface area contributed by atoms with Gasteiger partial charge >= 0.3 is 11.9 Å². The fourth-order valence-corrected chi connectivity index (χ4v) is 13.6. The Morgan fingerprint density at radius 2 is 0.750 bits per heavy atom. The number of carboxylic acids is 2. The summed E-state index contributed by atoms with van der Waals surface area (Å²) in [6.45, 7) is 9.99. The highest BCUT2D eigenvalue weighted by molar-refractivity contribution is 6.02. The normalized spacial score (nSPS) is 17.1. The number of hydrogen-bond acceptors (Lipinski definition) is 30. The van der Waals surface area contributed by atoms with Crippen LogP contribution >= 0.6 is 0 Å². The molecule has 2 aromatic carbocycles. The third-order valence-electron chi connectivity index (χ3n) is 21.4. The van der Waals surface area contributed by atoms with Gasteiger partial charge in [-0.05, 0) is 151 Å². The maximum atomic E-state index is 14.6. The molecule has 0 unspecified atom stereocenters. The van der Waals surface area contributed by atoms with E-state index in [0.717, 1.165) is 18.7 Å². The smallest absolute Gasteiger partial charge is 0.326 e. The number of rotatable bonds is 59. The Bertz CT molecular complexity index is 4240. The summed E-state index contributed by atoms with van der Waals surface area (Å²) in [6.07, 6.45) is -9.89. The monoisotopic (exact) mass is 1870 g/mol. The van der Waals surface area contributed by atoms with Crippen LogP contribution in [0.1, 0.15) is 144 Å². The highest BCUT2D eigenvalue weighted by Gasteiger charge is 2.45. The number of nitrogens with zero attached hydrogens (tertiary/aromatic N) is 1. The predicted molar refractivity (Wildman–Crippen MR) is 473 cm³/mol. The minimum absolute atomic E-state index is 0.105. The molecular weight excluding hydrogens is 1740 g/mol. The van der Waals surface area contributed by atoms with Crippen molar-refractivity contribution in [2.24, 2.45) is 63.6 Å². The summed E-state index contributed by atoms with van der Waals surface area (Å²) in [7, 11) is 0. The van der Waals surface area contributed by atoms with E-state index in [1.165, 1.54) is 62.4 Å². The fourth-order valence-electron chi connectivity index (χ4n) is 13.6.